The zero-order chi connectivity index (χ0) is 82.7. The molecule has 0 aromatic rings. The minimum absolute atomic E-state index is 0. The average Bonchev–Trinajstić information content (AvgIpc) is 0.878. The number of nitrogens with one attached hydrogen (secondary N) is 4. The van der Waals surface area contributed by atoms with Crippen LogP contribution in [0.1, 0.15) is 431 Å². The molecule has 0 radical (unpaired) electrons. The quantitative estimate of drug-likeness (QED) is 0.0143. The Balaban J connectivity index is -0.0000103. The molecule has 664 valence electrons. The number of hydrogen-bond donors (Lipinski definition) is 6. The Morgan fingerprint density at radius 1 is 0.333 bits per heavy atom. The van der Waals surface area contributed by atoms with Gasteiger partial charge in [0.25, 0.3) is 0 Å². The van der Waals surface area contributed by atoms with Crippen LogP contribution in [-0.4, -0.2) is 151 Å². The fourth-order valence-electron chi connectivity index (χ4n) is 13.9. The zero-order valence-corrected chi connectivity index (χ0v) is 80.5. The van der Waals surface area contributed by atoms with Gasteiger partial charge in [0.05, 0.1) is 38.5 Å². The molecule has 0 spiro atoms. The van der Waals surface area contributed by atoms with E-state index in [9.17, 15) is 52.5 Å². The van der Waals surface area contributed by atoms with E-state index >= 15 is 0 Å². The van der Waals surface area contributed by atoms with Gasteiger partial charge < -0.3 is 53.2 Å². The van der Waals surface area contributed by atoms with Crippen LogP contribution in [0.2, 0.25) is 0 Å². The van der Waals surface area contributed by atoms with Crippen LogP contribution < -0.4 is 80.4 Å². The van der Waals surface area contributed by atoms with Crippen LogP contribution in [0.15, 0.2) is 0 Å². The molecule has 0 saturated carbocycles. The predicted octanol–water partition coefficient (Wildman–Crippen LogP) is 16.0. The number of phosphoric acid groups is 2. The molecule has 0 bridgehead atoms. The molecule has 6 atom stereocenters. The second-order valence-electron chi connectivity index (χ2n) is 31.8. The second-order valence-corrected chi connectivity index (χ2v) is 34.7. The van der Waals surface area contributed by atoms with Gasteiger partial charge in [-0.25, -0.2) is 13.9 Å². The maximum Gasteiger partial charge on any atom is 1.00 e. The molecular weight excluding hydrogens is 1510 g/mol. The second kappa shape index (κ2) is 83.6. The molecule has 0 saturated heterocycles. The standard InChI is InChI=1S/C87H170N6O17P2.2Na.2H/c1-9-15-21-27-31-35-37-41-43-49-55-61-83(96)90-79(73-92(77(7)94)69-65-81(59-53-47-25-19-13-5)109-85(98)63-57-51-45-39-33-29-23-17-11-3)75-107-111(101,102)105-71-67-88-87(100)89-68-72-106-112(103,104)108-76-80(91-84(97)62-56-50-44-42-38-36-32-28-22-16-10-2)74-93(78(8)95)70-66-82(60-54-48-26-20-14-6)110-86(99)64-58-52-46-40-34-30-24-18-12-4;;;;/h79-82H,9-76H2,1-8H3,(H,90,96)(H,91,97)(H,101,102)(H,103,104)(H2,88,89,100);;;;/q;2*+1;2*-1/t79-,80-,81-,82-;;;;/m1..../s1. The van der Waals surface area contributed by atoms with Crippen molar-refractivity contribution in [1.29, 1.82) is 0 Å². The topological polar surface area (TPSA) is 304 Å². The first-order valence-electron chi connectivity index (χ1n) is 45.9. The van der Waals surface area contributed by atoms with E-state index in [1.165, 1.54) is 165 Å². The molecule has 0 heterocycles. The maximum atomic E-state index is 13.5. The molecule has 6 N–H and O–H groups in total. The third kappa shape index (κ3) is 77.6. The molecule has 2 unspecified atom stereocenters. The van der Waals surface area contributed by atoms with Crippen LogP contribution in [0.25, 0.3) is 0 Å². The van der Waals surface area contributed by atoms with Crippen LogP contribution in [0.3, 0.4) is 0 Å². The Morgan fingerprint density at radius 3 is 0.825 bits per heavy atom. The number of amides is 6. The van der Waals surface area contributed by atoms with Gasteiger partial charge in [-0.15, -0.1) is 0 Å². The minimum atomic E-state index is -4.81. The number of nitrogens with zero attached hydrogens (tertiary/aromatic N) is 2. The smallest absolute Gasteiger partial charge is 1.00 e. The van der Waals surface area contributed by atoms with E-state index in [-0.39, 0.29) is 150 Å². The average molecular weight is 1680 g/mol. The van der Waals surface area contributed by atoms with Gasteiger partial charge in [-0.2, -0.15) is 0 Å². The van der Waals surface area contributed by atoms with Gasteiger partial charge in [-0.1, -0.05) is 324 Å². The molecule has 6 amide bonds. The van der Waals surface area contributed by atoms with E-state index in [4.69, 9.17) is 27.6 Å². The van der Waals surface area contributed by atoms with E-state index < -0.39 is 72.4 Å². The van der Waals surface area contributed by atoms with Crippen molar-refractivity contribution in [2.45, 2.75) is 452 Å². The summed E-state index contributed by atoms with van der Waals surface area (Å²) in [6.07, 6.45) is 57.6. The van der Waals surface area contributed by atoms with Gasteiger partial charge in [0.1, 0.15) is 12.2 Å². The Kier molecular flexibility index (Phi) is 85.4. The number of esters is 2. The number of rotatable bonds is 84. The molecule has 0 aromatic heterocycles. The number of carbonyl (C=O) groups is 7. The van der Waals surface area contributed by atoms with Crippen molar-refractivity contribution in [3.8, 4) is 0 Å². The maximum absolute atomic E-state index is 13.5. The summed E-state index contributed by atoms with van der Waals surface area (Å²) in [5, 5.41) is 10.9. The molecule has 0 aliphatic carbocycles. The summed E-state index contributed by atoms with van der Waals surface area (Å²) in [6, 6.07) is -2.60. The molecule has 27 heteroatoms. The number of urea groups is 1. The first-order chi connectivity index (χ1) is 54.1. The first kappa shape index (κ1) is 116. The molecule has 0 fully saturated rings. The molecule has 0 rings (SSSR count). The number of carbonyl (C=O) groups excluding carboxylic acids is 7. The van der Waals surface area contributed by atoms with Gasteiger partial charge in [0.15, 0.2) is 0 Å². The van der Waals surface area contributed by atoms with Crippen LogP contribution in [0, 0.1) is 0 Å². The molecule has 23 nitrogen and oxygen atoms in total. The Bertz CT molecular complexity index is 2260. The monoisotopic (exact) mass is 1680 g/mol. The summed E-state index contributed by atoms with van der Waals surface area (Å²) in [5.41, 5.74) is 0. The van der Waals surface area contributed by atoms with Crippen molar-refractivity contribution in [1.82, 2.24) is 31.1 Å². The first-order valence-corrected chi connectivity index (χ1v) is 48.9. The van der Waals surface area contributed by atoms with Crippen molar-refractivity contribution in [2.75, 3.05) is 65.7 Å². The fourth-order valence-corrected chi connectivity index (χ4v) is 15.5. The van der Waals surface area contributed by atoms with Gasteiger partial charge in [0.2, 0.25) is 23.6 Å². The zero-order valence-electron chi connectivity index (χ0n) is 76.7. The van der Waals surface area contributed by atoms with Crippen molar-refractivity contribution in [2.24, 2.45) is 0 Å². The summed E-state index contributed by atoms with van der Waals surface area (Å²) >= 11 is 0. The SMILES string of the molecule is CCCCCCCCCCCCCC(=O)N[C@@H](COP(=O)(O)OCCNC(=O)NCCOP(=O)(O)OC[C@@H](CN(CC[C@@H](CCCCCCC)OC(=O)CCCCCCCCCCC)C(C)=O)NC(=O)CCCCCCCCCCCCC)CN(CC[C@@H](CCCCCCC)OC(=O)CCCCCCCCCCC)C(C)=O.[H-].[H-].[Na+].[Na+]. The Labute approximate surface area is 742 Å². The fraction of sp³-hybridized carbons (Fsp3) is 0.920. The normalized spacial score (nSPS) is 13.4. The molecule has 0 aliphatic rings. The van der Waals surface area contributed by atoms with E-state index in [2.05, 4.69) is 62.8 Å². The van der Waals surface area contributed by atoms with Crippen molar-refractivity contribution >= 4 is 57.2 Å². The molecule has 0 aliphatic heterocycles. The molecular formula is C87H172N6Na2O17P2. The van der Waals surface area contributed by atoms with Crippen molar-refractivity contribution < 1.29 is 142 Å². The van der Waals surface area contributed by atoms with Gasteiger partial charge in [-0.05, 0) is 51.4 Å². The van der Waals surface area contributed by atoms with Crippen LogP contribution in [-0.2, 0) is 65.5 Å². The number of ether oxygens (including phenoxy) is 2. The third-order valence-electron chi connectivity index (χ3n) is 20.9. The summed E-state index contributed by atoms with van der Waals surface area (Å²) in [4.78, 5) is 118. The summed E-state index contributed by atoms with van der Waals surface area (Å²) in [7, 11) is -9.63. The third-order valence-corrected chi connectivity index (χ3v) is 22.9. The van der Waals surface area contributed by atoms with Gasteiger partial charge in [0, 0.05) is 91.6 Å². The number of unbranched alkanes of at least 4 members (excludes halogenated alkanes) is 44. The van der Waals surface area contributed by atoms with Crippen molar-refractivity contribution in [3.05, 3.63) is 0 Å². The van der Waals surface area contributed by atoms with Crippen LogP contribution in [0.4, 0.5) is 4.79 Å². The van der Waals surface area contributed by atoms with Gasteiger partial charge in [-0.3, -0.25) is 46.9 Å². The molecule has 0 aromatic carbocycles. The summed E-state index contributed by atoms with van der Waals surface area (Å²) in [5.74, 6) is -1.67. The van der Waals surface area contributed by atoms with E-state index in [1.807, 2.05) is 0 Å². The van der Waals surface area contributed by atoms with E-state index in [1.54, 1.807) is 0 Å². The van der Waals surface area contributed by atoms with Crippen LogP contribution in [0.5, 0.6) is 0 Å². The van der Waals surface area contributed by atoms with E-state index in [0.29, 0.717) is 51.4 Å². The van der Waals surface area contributed by atoms with Gasteiger partial charge >= 0.3 is 92.7 Å². The predicted molar refractivity (Wildman–Crippen MR) is 457 cm³/mol. The number of phosphoric ester groups is 2. The largest absolute Gasteiger partial charge is 1.00 e. The van der Waals surface area contributed by atoms with Crippen LogP contribution >= 0.6 is 15.6 Å². The summed E-state index contributed by atoms with van der Waals surface area (Å²) in [6.45, 7) is 13.8. The summed E-state index contributed by atoms with van der Waals surface area (Å²) < 4.78 is 60.3. The molecule has 114 heavy (non-hydrogen) atoms. The van der Waals surface area contributed by atoms with Crippen molar-refractivity contribution in [3.63, 3.8) is 0 Å². The number of hydrogen-bond acceptors (Lipinski definition) is 15. The Hall–Kier alpha value is -1.69. The van der Waals surface area contributed by atoms with E-state index in [0.717, 1.165) is 167 Å². The Morgan fingerprint density at radius 2 is 0.570 bits per heavy atom. The minimum Gasteiger partial charge on any atom is -1.00 e.